The fourth-order valence-electron chi connectivity index (χ4n) is 1.42. The number of aromatic nitrogens is 1. The van der Waals surface area contributed by atoms with Gasteiger partial charge in [0.05, 0.1) is 5.69 Å². The van der Waals surface area contributed by atoms with Crippen LogP contribution in [0.15, 0.2) is 28.2 Å². The highest BCUT2D eigenvalue weighted by molar-refractivity contribution is 9.11. The molecule has 0 spiro atoms. The van der Waals surface area contributed by atoms with Crippen molar-refractivity contribution in [2.45, 2.75) is 13.3 Å². The van der Waals surface area contributed by atoms with Crippen molar-refractivity contribution in [1.29, 1.82) is 0 Å². The van der Waals surface area contributed by atoms with Gasteiger partial charge in [0.15, 0.2) is 3.92 Å². The Morgan fingerprint density at radius 2 is 2.27 bits per heavy atom. The highest BCUT2D eigenvalue weighted by atomic mass is 79.9. The zero-order valence-corrected chi connectivity index (χ0v) is 10.5. The maximum Gasteiger partial charge on any atom is 0.160 e. The van der Waals surface area contributed by atoms with E-state index in [-0.39, 0.29) is 5.82 Å². The molecule has 0 aliphatic rings. The maximum absolute atomic E-state index is 13.1. The molecule has 0 amide bonds. The van der Waals surface area contributed by atoms with Crippen molar-refractivity contribution < 1.29 is 4.39 Å². The average Bonchev–Trinajstić information content (AvgIpc) is 2.59. The van der Waals surface area contributed by atoms with Gasteiger partial charge in [-0.25, -0.2) is 9.37 Å². The lowest BCUT2D eigenvalue weighted by Crippen LogP contribution is -1.84. The van der Waals surface area contributed by atoms with Crippen LogP contribution in [-0.4, -0.2) is 4.98 Å². The molecule has 0 N–H and O–H groups in total. The van der Waals surface area contributed by atoms with E-state index in [9.17, 15) is 4.39 Å². The van der Waals surface area contributed by atoms with Crippen molar-refractivity contribution in [2.75, 3.05) is 0 Å². The lowest BCUT2D eigenvalue weighted by molar-refractivity contribution is 0.628. The zero-order valence-electron chi connectivity index (χ0n) is 8.13. The Morgan fingerprint density at radius 1 is 1.47 bits per heavy atom. The van der Waals surface area contributed by atoms with Gasteiger partial charge in [-0.2, -0.15) is 0 Å². The molecule has 4 heteroatoms. The molecule has 0 saturated carbocycles. The molecule has 15 heavy (non-hydrogen) atoms. The second-order valence-electron chi connectivity index (χ2n) is 3.10. The summed E-state index contributed by atoms with van der Waals surface area (Å²) in [5.41, 5.74) is 1.72. The van der Waals surface area contributed by atoms with E-state index in [0.717, 1.165) is 21.6 Å². The second kappa shape index (κ2) is 4.41. The summed E-state index contributed by atoms with van der Waals surface area (Å²) in [5.74, 6) is -0.223. The molecule has 0 atom stereocenters. The molecule has 1 nitrogen and oxygen atoms in total. The first kappa shape index (κ1) is 10.8. The zero-order chi connectivity index (χ0) is 10.8. The highest BCUT2D eigenvalue weighted by Crippen LogP contribution is 2.31. The molecule has 0 bridgehead atoms. The second-order valence-corrected chi connectivity index (χ2v) is 5.46. The van der Waals surface area contributed by atoms with E-state index in [1.165, 1.54) is 17.0 Å². The Balaban J connectivity index is 2.53. The summed E-state index contributed by atoms with van der Waals surface area (Å²) in [4.78, 5) is 5.53. The third-order valence-electron chi connectivity index (χ3n) is 2.09. The van der Waals surface area contributed by atoms with Crippen LogP contribution in [0.1, 0.15) is 11.8 Å². The van der Waals surface area contributed by atoms with Crippen LogP contribution in [0.25, 0.3) is 11.3 Å². The number of aryl methyl sites for hydroxylation is 1. The average molecular weight is 286 g/mol. The predicted molar refractivity (Wildman–Crippen MR) is 64.6 cm³/mol. The molecule has 1 aromatic heterocycles. The van der Waals surface area contributed by atoms with Crippen molar-refractivity contribution >= 4 is 27.3 Å². The number of halogens is 2. The van der Waals surface area contributed by atoms with Gasteiger partial charge in [-0.15, -0.1) is 11.3 Å². The standard InChI is InChI=1S/C11H9BrFNS/c1-2-9-10(14-11(12)15-9)7-4-3-5-8(13)6-7/h3-6H,2H2,1H3. The van der Waals surface area contributed by atoms with Gasteiger partial charge in [0.2, 0.25) is 0 Å². The van der Waals surface area contributed by atoms with E-state index >= 15 is 0 Å². The molecule has 0 aliphatic carbocycles. The molecule has 0 saturated heterocycles. The van der Waals surface area contributed by atoms with E-state index in [0.29, 0.717) is 0 Å². The molecule has 0 fully saturated rings. The van der Waals surface area contributed by atoms with Crippen molar-refractivity contribution in [3.8, 4) is 11.3 Å². The van der Waals surface area contributed by atoms with Crippen LogP contribution in [0.2, 0.25) is 0 Å². The molecule has 1 heterocycles. The van der Waals surface area contributed by atoms with Gasteiger partial charge < -0.3 is 0 Å². The van der Waals surface area contributed by atoms with Crippen molar-refractivity contribution in [3.05, 3.63) is 38.9 Å². The van der Waals surface area contributed by atoms with Gasteiger partial charge in [0.1, 0.15) is 5.82 Å². The number of rotatable bonds is 2. The smallest absolute Gasteiger partial charge is 0.160 e. The summed E-state index contributed by atoms with van der Waals surface area (Å²) in [7, 11) is 0. The third kappa shape index (κ3) is 2.26. The van der Waals surface area contributed by atoms with E-state index in [1.807, 2.05) is 6.07 Å². The van der Waals surface area contributed by atoms with Crippen molar-refractivity contribution in [2.24, 2.45) is 0 Å². The monoisotopic (exact) mass is 285 g/mol. The Labute approximate surface area is 100 Å². The first-order valence-electron chi connectivity index (χ1n) is 4.62. The molecule has 2 rings (SSSR count). The summed E-state index contributed by atoms with van der Waals surface area (Å²) in [6.45, 7) is 2.07. The van der Waals surface area contributed by atoms with Crippen molar-refractivity contribution in [1.82, 2.24) is 4.98 Å². The van der Waals surface area contributed by atoms with Crippen LogP contribution >= 0.6 is 27.3 Å². The van der Waals surface area contributed by atoms with Crippen LogP contribution < -0.4 is 0 Å². The molecule has 78 valence electrons. The molecule has 0 radical (unpaired) electrons. The normalized spacial score (nSPS) is 10.6. The van der Waals surface area contributed by atoms with Crippen molar-refractivity contribution in [3.63, 3.8) is 0 Å². The fraction of sp³-hybridized carbons (Fsp3) is 0.182. The van der Waals surface area contributed by atoms with Gasteiger partial charge in [0, 0.05) is 10.4 Å². The SMILES string of the molecule is CCc1sc(Br)nc1-c1cccc(F)c1. The Hall–Kier alpha value is -0.740. The summed E-state index contributed by atoms with van der Waals surface area (Å²) in [6.07, 6.45) is 0.912. The van der Waals surface area contributed by atoms with Gasteiger partial charge >= 0.3 is 0 Å². The van der Waals surface area contributed by atoms with Gasteiger partial charge in [-0.05, 0) is 34.5 Å². The predicted octanol–water partition coefficient (Wildman–Crippen LogP) is 4.27. The fourth-order valence-corrected chi connectivity index (χ4v) is 2.93. The Bertz CT molecular complexity index is 481. The number of nitrogens with zero attached hydrogens (tertiary/aromatic N) is 1. The maximum atomic E-state index is 13.1. The Morgan fingerprint density at radius 3 is 2.93 bits per heavy atom. The van der Waals surface area contributed by atoms with E-state index in [2.05, 4.69) is 27.8 Å². The first-order chi connectivity index (χ1) is 7.20. The molecule has 2 aromatic rings. The summed E-state index contributed by atoms with van der Waals surface area (Å²) < 4.78 is 13.9. The minimum atomic E-state index is -0.223. The van der Waals surface area contributed by atoms with E-state index < -0.39 is 0 Å². The van der Waals surface area contributed by atoms with Gasteiger partial charge in [-0.3, -0.25) is 0 Å². The molecule has 0 unspecified atom stereocenters. The largest absolute Gasteiger partial charge is 0.229 e. The Kier molecular flexibility index (Phi) is 3.17. The van der Waals surface area contributed by atoms with Crippen LogP contribution in [0.5, 0.6) is 0 Å². The van der Waals surface area contributed by atoms with Crippen LogP contribution in [0.4, 0.5) is 4.39 Å². The topological polar surface area (TPSA) is 12.9 Å². The number of thiazole rings is 1. The minimum Gasteiger partial charge on any atom is -0.229 e. The summed E-state index contributed by atoms with van der Waals surface area (Å²) in [6, 6.07) is 6.54. The number of hydrogen-bond donors (Lipinski definition) is 0. The third-order valence-corrected chi connectivity index (χ3v) is 3.74. The quantitative estimate of drug-likeness (QED) is 0.803. The van der Waals surface area contributed by atoms with Crippen LogP contribution in [-0.2, 0) is 6.42 Å². The number of benzene rings is 1. The van der Waals surface area contributed by atoms with Gasteiger partial charge in [-0.1, -0.05) is 19.1 Å². The first-order valence-corrected chi connectivity index (χ1v) is 6.22. The lowest BCUT2D eigenvalue weighted by atomic mass is 10.1. The van der Waals surface area contributed by atoms with E-state index in [4.69, 9.17) is 0 Å². The highest BCUT2D eigenvalue weighted by Gasteiger charge is 2.10. The molecule has 1 aromatic carbocycles. The summed E-state index contributed by atoms with van der Waals surface area (Å²) in [5, 5.41) is 0. The van der Waals surface area contributed by atoms with Crippen LogP contribution in [0.3, 0.4) is 0 Å². The molecular formula is C11H9BrFNS. The number of hydrogen-bond acceptors (Lipinski definition) is 2. The molecule has 0 aliphatic heterocycles. The van der Waals surface area contributed by atoms with Gasteiger partial charge in [0.25, 0.3) is 0 Å². The summed E-state index contributed by atoms with van der Waals surface area (Å²) >= 11 is 4.95. The van der Waals surface area contributed by atoms with E-state index in [1.54, 1.807) is 17.4 Å². The molecular weight excluding hydrogens is 277 g/mol. The van der Waals surface area contributed by atoms with Crippen LogP contribution in [0, 0.1) is 5.82 Å². The lowest BCUT2D eigenvalue weighted by Gasteiger charge is -1.99. The minimum absolute atomic E-state index is 0.223.